The fourth-order valence-corrected chi connectivity index (χ4v) is 3.81. The molecule has 5 rings (SSSR count). The second-order valence-corrected chi connectivity index (χ2v) is 7.45. The molecule has 0 radical (unpaired) electrons. The second kappa shape index (κ2) is 6.91. The molecule has 0 fully saturated rings. The lowest BCUT2D eigenvalue weighted by Crippen LogP contribution is -2.23. The quantitative estimate of drug-likeness (QED) is 0.695. The van der Waals surface area contributed by atoms with E-state index in [0.29, 0.717) is 23.0 Å². The van der Waals surface area contributed by atoms with Gasteiger partial charge in [-0.2, -0.15) is 5.10 Å². The van der Waals surface area contributed by atoms with Crippen molar-refractivity contribution in [1.82, 2.24) is 9.78 Å². The Labute approximate surface area is 172 Å². The SMILES string of the molecule is Cc1ccc(-c2c(C)nn3c2NC(=O)C3CC(=O)Nc2ccc3c(c2)OCO3)cc1. The van der Waals surface area contributed by atoms with Crippen molar-refractivity contribution < 1.29 is 19.1 Å². The van der Waals surface area contributed by atoms with Crippen molar-refractivity contribution in [1.29, 1.82) is 0 Å². The molecule has 0 saturated carbocycles. The van der Waals surface area contributed by atoms with E-state index >= 15 is 0 Å². The summed E-state index contributed by atoms with van der Waals surface area (Å²) in [6, 6.07) is 12.5. The summed E-state index contributed by atoms with van der Waals surface area (Å²) in [5.74, 6) is 1.32. The van der Waals surface area contributed by atoms with Crippen LogP contribution in [0.5, 0.6) is 11.5 Å². The number of benzene rings is 2. The molecule has 2 amide bonds. The van der Waals surface area contributed by atoms with E-state index < -0.39 is 6.04 Å². The van der Waals surface area contributed by atoms with Gasteiger partial charge in [-0.15, -0.1) is 0 Å². The van der Waals surface area contributed by atoms with Crippen LogP contribution in [0.1, 0.15) is 23.7 Å². The number of hydrogen-bond donors (Lipinski definition) is 2. The smallest absolute Gasteiger partial charge is 0.251 e. The summed E-state index contributed by atoms with van der Waals surface area (Å²) in [5, 5.41) is 10.3. The molecule has 8 nitrogen and oxygen atoms in total. The molecule has 0 bridgehead atoms. The molecule has 0 aliphatic carbocycles. The van der Waals surface area contributed by atoms with Crippen LogP contribution in [0.15, 0.2) is 42.5 Å². The molecule has 3 heterocycles. The molecule has 2 aromatic carbocycles. The third kappa shape index (κ3) is 3.06. The van der Waals surface area contributed by atoms with Crippen LogP contribution in [0, 0.1) is 13.8 Å². The first-order valence-corrected chi connectivity index (χ1v) is 9.66. The normalized spacial score (nSPS) is 16.3. The number of carbonyl (C=O) groups is 2. The van der Waals surface area contributed by atoms with Crippen LogP contribution in [0.4, 0.5) is 11.5 Å². The monoisotopic (exact) mass is 404 g/mol. The maximum absolute atomic E-state index is 12.6. The van der Waals surface area contributed by atoms with E-state index in [1.54, 1.807) is 22.9 Å². The van der Waals surface area contributed by atoms with Gasteiger partial charge in [0.25, 0.3) is 5.91 Å². The maximum atomic E-state index is 12.6. The third-order valence-electron chi connectivity index (χ3n) is 5.30. The lowest BCUT2D eigenvalue weighted by atomic mass is 10.0. The van der Waals surface area contributed by atoms with Crippen LogP contribution >= 0.6 is 0 Å². The van der Waals surface area contributed by atoms with E-state index in [4.69, 9.17) is 9.47 Å². The highest BCUT2D eigenvalue weighted by Crippen LogP contribution is 2.38. The van der Waals surface area contributed by atoms with Crippen molar-refractivity contribution in [3.05, 3.63) is 53.7 Å². The largest absolute Gasteiger partial charge is 0.454 e. The van der Waals surface area contributed by atoms with Gasteiger partial charge in [-0.25, -0.2) is 4.68 Å². The minimum absolute atomic E-state index is 0.0261. The number of fused-ring (bicyclic) bond motifs is 2. The molecule has 30 heavy (non-hydrogen) atoms. The molecule has 0 spiro atoms. The Hall–Kier alpha value is -3.81. The van der Waals surface area contributed by atoms with E-state index in [9.17, 15) is 9.59 Å². The van der Waals surface area contributed by atoms with Crippen molar-refractivity contribution in [2.45, 2.75) is 26.3 Å². The summed E-state index contributed by atoms with van der Waals surface area (Å²) < 4.78 is 12.2. The highest BCUT2D eigenvalue weighted by atomic mass is 16.7. The molecular formula is C22H20N4O4. The summed E-state index contributed by atoms with van der Waals surface area (Å²) >= 11 is 0. The first kappa shape index (κ1) is 18.2. The number of aromatic nitrogens is 2. The van der Waals surface area contributed by atoms with E-state index in [2.05, 4.69) is 15.7 Å². The summed E-state index contributed by atoms with van der Waals surface area (Å²) in [5.41, 5.74) is 4.39. The zero-order valence-corrected chi connectivity index (χ0v) is 16.6. The molecule has 2 aliphatic rings. The average Bonchev–Trinajstić information content (AvgIpc) is 3.38. The first-order valence-electron chi connectivity index (χ1n) is 9.66. The topological polar surface area (TPSA) is 94.5 Å². The first-order chi connectivity index (χ1) is 14.5. The maximum Gasteiger partial charge on any atom is 0.251 e. The molecule has 152 valence electrons. The highest BCUT2D eigenvalue weighted by Gasteiger charge is 2.36. The number of rotatable bonds is 4. The van der Waals surface area contributed by atoms with Gasteiger partial charge in [-0.3, -0.25) is 9.59 Å². The van der Waals surface area contributed by atoms with Crippen LogP contribution in [0.3, 0.4) is 0 Å². The van der Waals surface area contributed by atoms with E-state index in [1.165, 1.54) is 0 Å². The third-order valence-corrected chi connectivity index (χ3v) is 5.30. The summed E-state index contributed by atoms with van der Waals surface area (Å²) in [6.07, 6.45) is -0.0261. The van der Waals surface area contributed by atoms with Crippen LogP contribution in [-0.2, 0) is 9.59 Å². The van der Waals surface area contributed by atoms with Gasteiger partial charge in [0.2, 0.25) is 12.7 Å². The van der Waals surface area contributed by atoms with Gasteiger partial charge in [0, 0.05) is 17.3 Å². The van der Waals surface area contributed by atoms with Gasteiger partial charge in [0.15, 0.2) is 11.5 Å². The van der Waals surface area contributed by atoms with Gasteiger partial charge in [-0.1, -0.05) is 29.8 Å². The summed E-state index contributed by atoms with van der Waals surface area (Å²) in [4.78, 5) is 25.2. The van der Waals surface area contributed by atoms with Crippen molar-refractivity contribution in [2.75, 3.05) is 17.4 Å². The van der Waals surface area contributed by atoms with Crippen LogP contribution < -0.4 is 20.1 Å². The summed E-state index contributed by atoms with van der Waals surface area (Å²) in [6.45, 7) is 4.09. The number of nitrogens with one attached hydrogen (secondary N) is 2. The Morgan fingerprint density at radius 1 is 1.17 bits per heavy atom. The Morgan fingerprint density at radius 3 is 2.73 bits per heavy atom. The van der Waals surface area contributed by atoms with Crippen molar-refractivity contribution >= 4 is 23.3 Å². The minimum Gasteiger partial charge on any atom is -0.454 e. The predicted octanol–water partition coefficient (Wildman–Crippen LogP) is 3.42. The molecule has 1 aromatic heterocycles. The zero-order chi connectivity index (χ0) is 20.8. The molecular weight excluding hydrogens is 384 g/mol. The van der Waals surface area contributed by atoms with E-state index in [1.807, 2.05) is 38.1 Å². The number of aryl methyl sites for hydroxylation is 2. The molecule has 2 aliphatic heterocycles. The highest BCUT2D eigenvalue weighted by molar-refractivity contribution is 6.04. The van der Waals surface area contributed by atoms with Crippen LogP contribution in [-0.4, -0.2) is 28.4 Å². The fourth-order valence-electron chi connectivity index (χ4n) is 3.81. The fraction of sp³-hybridized carbons (Fsp3) is 0.227. The minimum atomic E-state index is -0.702. The zero-order valence-electron chi connectivity index (χ0n) is 16.6. The van der Waals surface area contributed by atoms with E-state index in [-0.39, 0.29) is 25.0 Å². The number of nitrogens with zero attached hydrogens (tertiary/aromatic N) is 2. The van der Waals surface area contributed by atoms with Gasteiger partial charge in [0.05, 0.1) is 12.1 Å². The lowest BCUT2D eigenvalue weighted by Gasteiger charge is -2.10. The van der Waals surface area contributed by atoms with Gasteiger partial charge in [-0.05, 0) is 31.5 Å². The van der Waals surface area contributed by atoms with E-state index in [0.717, 1.165) is 22.4 Å². The number of amides is 2. The Morgan fingerprint density at radius 2 is 1.93 bits per heavy atom. The molecule has 1 unspecified atom stereocenters. The molecule has 0 saturated heterocycles. The average molecular weight is 404 g/mol. The Balaban J connectivity index is 1.37. The number of anilines is 2. The lowest BCUT2D eigenvalue weighted by molar-refractivity contribution is -0.123. The summed E-state index contributed by atoms with van der Waals surface area (Å²) in [7, 11) is 0. The number of ether oxygens (including phenoxy) is 2. The predicted molar refractivity (Wildman–Crippen MR) is 111 cm³/mol. The number of carbonyl (C=O) groups excluding carboxylic acids is 2. The van der Waals surface area contributed by atoms with Crippen molar-refractivity contribution in [3.63, 3.8) is 0 Å². The second-order valence-electron chi connectivity index (χ2n) is 7.45. The molecule has 8 heteroatoms. The molecule has 3 aromatic rings. The standard InChI is InChI=1S/C22H20N4O4/c1-12-3-5-14(6-4-12)20-13(2)25-26-16(22(28)24-21(20)26)10-19(27)23-15-7-8-17-18(9-15)30-11-29-17/h3-9,16H,10-11H2,1-2H3,(H,23,27)(H,24,28). The molecule has 2 N–H and O–H groups in total. The number of hydrogen-bond acceptors (Lipinski definition) is 5. The molecule has 1 atom stereocenters. The van der Waals surface area contributed by atoms with Crippen LogP contribution in [0.2, 0.25) is 0 Å². The van der Waals surface area contributed by atoms with Crippen LogP contribution in [0.25, 0.3) is 11.1 Å². The Kier molecular flexibility index (Phi) is 4.20. The van der Waals surface area contributed by atoms with Gasteiger partial charge >= 0.3 is 0 Å². The van der Waals surface area contributed by atoms with Gasteiger partial charge in [0.1, 0.15) is 11.9 Å². The van der Waals surface area contributed by atoms with Gasteiger partial charge < -0.3 is 20.1 Å². The van der Waals surface area contributed by atoms with Crippen molar-refractivity contribution in [3.8, 4) is 22.6 Å². The Bertz CT molecular complexity index is 1170. The van der Waals surface area contributed by atoms with Crippen molar-refractivity contribution in [2.24, 2.45) is 0 Å².